The smallest absolute Gasteiger partial charge is 0.399 e. The summed E-state index contributed by atoms with van der Waals surface area (Å²) < 4.78 is 39.4. The second-order valence-corrected chi connectivity index (χ2v) is 5.04. The van der Waals surface area contributed by atoms with E-state index in [4.69, 9.17) is 5.73 Å². The van der Waals surface area contributed by atoms with E-state index in [0.29, 0.717) is 31.1 Å². The fraction of sp³-hybridized carbons (Fsp3) is 0.385. The average molecular weight is 334 g/mol. The maximum absolute atomic E-state index is 12.7. The normalized spacial score (nSPS) is 15.2. The van der Waals surface area contributed by atoms with Crippen LogP contribution in [0.15, 0.2) is 24.3 Å². The number of rotatable bonds is 2. The van der Waals surface area contributed by atoms with Gasteiger partial charge in [0, 0.05) is 25.3 Å². The van der Waals surface area contributed by atoms with Crippen LogP contribution in [0.25, 0.3) is 0 Å². The molecular formula is C13H15ClF3N5. The number of nitrogens with two attached hydrogens (primary N) is 1. The molecule has 1 aromatic heterocycles. The zero-order chi connectivity index (χ0) is 15.0. The number of benzene rings is 1. The first-order valence-electron chi connectivity index (χ1n) is 6.49. The van der Waals surface area contributed by atoms with Crippen molar-refractivity contribution in [2.75, 3.05) is 12.3 Å². The summed E-state index contributed by atoms with van der Waals surface area (Å²) in [6.45, 7) is 1.72. The van der Waals surface area contributed by atoms with Crippen molar-refractivity contribution in [2.45, 2.75) is 25.8 Å². The number of anilines is 1. The quantitative estimate of drug-likeness (QED) is 0.857. The molecule has 0 spiro atoms. The summed E-state index contributed by atoms with van der Waals surface area (Å²) in [5.74, 6) is -0.571. The molecule has 0 amide bonds. The molecule has 2 aromatic rings. The third kappa shape index (κ3) is 3.33. The molecule has 9 heteroatoms. The molecule has 2 N–H and O–H groups in total. The minimum Gasteiger partial charge on any atom is -0.399 e. The molecule has 0 unspecified atom stereocenters. The lowest BCUT2D eigenvalue weighted by atomic mass is 10.2. The van der Waals surface area contributed by atoms with Crippen LogP contribution in [0.4, 0.5) is 18.9 Å². The van der Waals surface area contributed by atoms with Gasteiger partial charge in [0.15, 0.2) is 0 Å². The fourth-order valence-electron chi connectivity index (χ4n) is 2.50. The van der Waals surface area contributed by atoms with Crippen molar-refractivity contribution in [1.82, 2.24) is 19.7 Å². The number of alkyl halides is 3. The van der Waals surface area contributed by atoms with Gasteiger partial charge in [-0.25, -0.2) is 0 Å². The van der Waals surface area contributed by atoms with E-state index in [-0.39, 0.29) is 19.0 Å². The van der Waals surface area contributed by atoms with Gasteiger partial charge in [0.1, 0.15) is 5.82 Å². The molecule has 22 heavy (non-hydrogen) atoms. The number of aromatic nitrogens is 3. The standard InChI is InChI=1S/C13H14F3N5.ClH/c14-13(15,16)12-19-18-11-8-20(4-5-21(11)12)7-9-2-1-3-10(17)6-9;/h1-3,6H,4-5,7-8,17H2;1H. The van der Waals surface area contributed by atoms with Crippen molar-refractivity contribution in [2.24, 2.45) is 0 Å². The van der Waals surface area contributed by atoms with Crippen LogP contribution in [0.2, 0.25) is 0 Å². The molecule has 0 saturated carbocycles. The van der Waals surface area contributed by atoms with Gasteiger partial charge in [-0.3, -0.25) is 4.90 Å². The lowest BCUT2D eigenvalue weighted by molar-refractivity contribution is -0.148. The fourth-order valence-corrected chi connectivity index (χ4v) is 2.50. The summed E-state index contributed by atoms with van der Waals surface area (Å²) in [5, 5.41) is 6.93. The Balaban J connectivity index is 0.00000176. The van der Waals surface area contributed by atoms with E-state index in [2.05, 4.69) is 10.2 Å². The van der Waals surface area contributed by atoms with Gasteiger partial charge < -0.3 is 10.3 Å². The van der Waals surface area contributed by atoms with E-state index >= 15 is 0 Å². The maximum Gasteiger partial charge on any atom is 0.451 e. The third-order valence-electron chi connectivity index (χ3n) is 3.44. The van der Waals surface area contributed by atoms with Crippen LogP contribution in [-0.4, -0.2) is 26.2 Å². The van der Waals surface area contributed by atoms with Gasteiger partial charge in [-0.2, -0.15) is 13.2 Å². The van der Waals surface area contributed by atoms with Crippen molar-refractivity contribution in [3.63, 3.8) is 0 Å². The number of nitrogen functional groups attached to an aromatic ring is 1. The van der Waals surface area contributed by atoms with Crippen LogP contribution in [0.3, 0.4) is 0 Å². The van der Waals surface area contributed by atoms with Crippen LogP contribution in [0.5, 0.6) is 0 Å². The summed E-state index contributed by atoms with van der Waals surface area (Å²) in [4.78, 5) is 2.03. The zero-order valence-electron chi connectivity index (χ0n) is 11.5. The van der Waals surface area contributed by atoms with E-state index in [1.54, 1.807) is 6.07 Å². The van der Waals surface area contributed by atoms with Gasteiger partial charge >= 0.3 is 6.18 Å². The molecule has 0 bridgehead atoms. The lowest BCUT2D eigenvalue weighted by Gasteiger charge is -2.27. The minimum atomic E-state index is -4.46. The Labute approximate surface area is 131 Å². The van der Waals surface area contributed by atoms with E-state index < -0.39 is 12.0 Å². The van der Waals surface area contributed by atoms with Crippen LogP contribution in [0, 0.1) is 0 Å². The SMILES string of the molecule is Cl.Nc1cccc(CN2CCn3c(nnc3C(F)(F)F)C2)c1. The summed E-state index contributed by atoms with van der Waals surface area (Å²) in [7, 11) is 0. The second kappa shape index (κ2) is 6.13. The van der Waals surface area contributed by atoms with Gasteiger partial charge in [-0.15, -0.1) is 22.6 Å². The van der Waals surface area contributed by atoms with Crippen molar-refractivity contribution in [3.05, 3.63) is 41.5 Å². The Morgan fingerprint density at radius 2 is 1.95 bits per heavy atom. The van der Waals surface area contributed by atoms with Gasteiger partial charge in [-0.05, 0) is 17.7 Å². The molecule has 1 aliphatic heterocycles. The lowest BCUT2D eigenvalue weighted by Crippen LogP contribution is -2.34. The van der Waals surface area contributed by atoms with Crippen molar-refractivity contribution < 1.29 is 13.2 Å². The van der Waals surface area contributed by atoms with E-state index in [1.807, 2.05) is 23.1 Å². The van der Waals surface area contributed by atoms with Crippen molar-refractivity contribution in [1.29, 1.82) is 0 Å². The highest BCUT2D eigenvalue weighted by Crippen LogP contribution is 2.29. The highest BCUT2D eigenvalue weighted by Gasteiger charge is 2.39. The van der Waals surface area contributed by atoms with Gasteiger partial charge in [0.2, 0.25) is 5.82 Å². The summed E-state index contributed by atoms with van der Waals surface area (Å²) in [6, 6.07) is 7.46. The number of hydrogen-bond donors (Lipinski definition) is 1. The highest BCUT2D eigenvalue weighted by atomic mass is 35.5. The van der Waals surface area contributed by atoms with Crippen LogP contribution in [-0.2, 0) is 25.8 Å². The minimum absolute atomic E-state index is 0. The van der Waals surface area contributed by atoms with Crippen LogP contribution >= 0.6 is 12.4 Å². The second-order valence-electron chi connectivity index (χ2n) is 5.04. The van der Waals surface area contributed by atoms with E-state index in [1.165, 1.54) is 0 Å². The molecule has 0 saturated heterocycles. The predicted molar refractivity (Wildman–Crippen MR) is 77.2 cm³/mol. The molecular weight excluding hydrogens is 319 g/mol. The van der Waals surface area contributed by atoms with Crippen molar-refractivity contribution in [3.8, 4) is 0 Å². The molecule has 0 aliphatic carbocycles. The Morgan fingerprint density at radius 3 is 2.64 bits per heavy atom. The summed E-state index contributed by atoms with van der Waals surface area (Å²) >= 11 is 0. The van der Waals surface area contributed by atoms with Gasteiger partial charge in [0.05, 0.1) is 6.54 Å². The molecule has 5 nitrogen and oxygen atoms in total. The highest BCUT2D eigenvalue weighted by molar-refractivity contribution is 5.85. The number of halogens is 4. The number of nitrogens with zero attached hydrogens (tertiary/aromatic N) is 4. The molecule has 0 radical (unpaired) electrons. The first kappa shape index (κ1) is 16.6. The molecule has 1 aliphatic rings. The van der Waals surface area contributed by atoms with Gasteiger partial charge in [-0.1, -0.05) is 12.1 Å². The molecule has 1 aromatic carbocycles. The average Bonchev–Trinajstić information content (AvgIpc) is 2.81. The van der Waals surface area contributed by atoms with Gasteiger partial charge in [0.25, 0.3) is 0 Å². The Kier molecular flexibility index (Phi) is 4.62. The molecule has 0 fully saturated rings. The van der Waals surface area contributed by atoms with E-state index in [0.717, 1.165) is 10.1 Å². The number of hydrogen-bond acceptors (Lipinski definition) is 4. The van der Waals surface area contributed by atoms with E-state index in [9.17, 15) is 13.2 Å². The predicted octanol–water partition coefficient (Wildman–Crippen LogP) is 2.32. The third-order valence-corrected chi connectivity index (χ3v) is 3.44. The molecule has 3 rings (SSSR count). The van der Waals surface area contributed by atoms with Crippen LogP contribution in [0.1, 0.15) is 17.2 Å². The zero-order valence-corrected chi connectivity index (χ0v) is 12.4. The first-order chi connectivity index (χ1) is 9.93. The molecule has 0 atom stereocenters. The Bertz CT molecular complexity index is 655. The molecule has 2 heterocycles. The topological polar surface area (TPSA) is 60.0 Å². The maximum atomic E-state index is 12.7. The van der Waals surface area contributed by atoms with Crippen molar-refractivity contribution >= 4 is 18.1 Å². The Morgan fingerprint density at radius 1 is 1.18 bits per heavy atom. The largest absolute Gasteiger partial charge is 0.451 e. The van der Waals surface area contributed by atoms with Crippen LogP contribution < -0.4 is 5.73 Å². The molecule has 120 valence electrons. The number of fused-ring (bicyclic) bond motifs is 1. The Hall–Kier alpha value is -1.80. The first-order valence-corrected chi connectivity index (χ1v) is 6.49. The summed E-state index contributed by atoms with van der Waals surface area (Å²) in [5.41, 5.74) is 7.42. The summed E-state index contributed by atoms with van der Waals surface area (Å²) in [6.07, 6.45) is -4.46. The monoisotopic (exact) mass is 333 g/mol.